The van der Waals surface area contributed by atoms with Crippen molar-refractivity contribution in [1.29, 1.82) is 0 Å². The molecule has 0 saturated carbocycles. The van der Waals surface area contributed by atoms with Gasteiger partial charge in [0, 0.05) is 30.9 Å². The van der Waals surface area contributed by atoms with E-state index >= 15 is 0 Å². The zero-order chi connectivity index (χ0) is 16.7. The highest BCUT2D eigenvalue weighted by Crippen LogP contribution is 2.19. The molecule has 0 aliphatic rings. The zero-order valence-corrected chi connectivity index (χ0v) is 14.2. The second kappa shape index (κ2) is 8.46. The van der Waals surface area contributed by atoms with Crippen LogP contribution in [0.3, 0.4) is 0 Å². The van der Waals surface area contributed by atoms with Crippen LogP contribution in [0.5, 0.6) is 0 Å². The Hall–Kier alpha value is -2.17. The molecule has 1 amide bonds. The van der Waals surface area contributed by atoms with E-state index < -0.39 is 0 Å². The second-order valence-corrected chi connectivity index (χ2v) is 5.87. The summed E-state index contributed by atoms with van der Waals surface area (Å²) in [5, 5.41) is 7.53. The van der Waals surface area contributed by atoms with Crippen LogP contribution >= 0.6 is 0 Å². The van der Waals surface area contributed by atoms with Crippen molar-refractivity contribution in [2.45, 2.75) is 46.1 Å². The topological polar surface area (TPSA) is 59.8 Å². The van der Waals surface area contributed by atoms with E-state index in [2.05, 4.69) is 29.2 Å². The average molecular weight is 314 g/mol. The quantitative estimate of drug-likeness (QED) is 0.813. The maximum absolute atomic E-state index is 12.3. The Kier molecular flexibility index (Phi) is 6.32. The first kappa shape index (κ1) is 17.2. The van der Waals surface area contributed by atoms with Crippen LogP contribution in [-0.2, 0) is 18.4 Å². The first-order valence-electron chi connectivity index (χ1n) is 8.36. The van der Waals surface area contributed by atoms with Crippen molar-refractivity contribution in [3.05, 3.63) is 36.3 Å². The molecular formula is C18H26N4O. The van der Waals surface area contributed by atoms with E-state index in [1.165, 1.54) is 0 Å². The lowest BCUT2D eigenvalue weighted by Gasteiger charge is -2.14. The fourth-order valence-corrected chi connectivity index (χ4v) is 2.83. The largest absolute Gasteiger partial charge is 0.350 e. The molecule has 0 unspecified atom stereocenters. The van der Waals surface area contributed by atoms with Crippen LogP contribution in [0, 0.1) is 5.92 Å². The molecule has 5 heteroatoms. The predicted octanol–water partition coefficient (Wildman–Crippen LogP) is 3.31. The summed E-state index contributed by atoms with van der Waals surface area (Å²) in [6.07, 6.45) is 7.50. The van der Waals surface area contributed by atoms with E-state index in [1.807, 2.05) is 29.9 Å². The highest BCUT2D eigenvalue weighted by molar-refractivity contribution is 5.78. The van der Waals surface area contributed by atoms with Crippen LogP contribution in [-0.4, -0.2) is 20.7 Å². The Balaban J connectivity index is 2.00. The van der Waals surface area contributed by atoms with Crippen LogP contribution in [0.25, 0.3) is 11.3 Å². The lowest BCUT2D eigenvalue weighted by molar-refractivity contribution is -0.125. The van der Waals surface area contributed by atoms with Gasteiger partial charge in [0.1, 0.15) is 0 Å². The third kappa shape index (κ3) is 4.65. The van der Waals surface area contributed by atoms with Gasteiger partial charge in [-0.2, -0.15) is 5.10 Å². The number of rotatable bonds is 8. The van der Waals surface area contributed by atoms with Crippen LogP contribution in [0.1, 0.15) is 45.2 Å². The number of pyridine rings is 1. The van der Waals surface area contributed by atoms with Gasteiger partial charge in [-0.05, 0) is 31.0 Å². The fourth-order valence-electron chi connectivity index (χ4n) is 2.83. The van der Waals surface area contributed by atoms with Crippen LogP contribution in [0.4, 0.5) is 0 Å². The smallest absolute Gasteiger partial charge is 0.223 e. The van der Waals surface area contributed by atoms with E-state index in [9.17, 15) is 4.79 Å². The third-order valence-corrected chi connectivity index (χ3v) is 4.00. The molecule has 0 atom stereocenters. The summed E-state index contributed by atoms with van der Waals surface area (Å²) in [5.74, 6) is 0.262. The van der Waals surface area contributed by atoms with Crippen LogP contribution in [0.15, 0.2) is 30.6 Å². The molecule has 0 radical (unpaired) electrons. The monoisotopic (exact) mass is 314 g/mol. The van der Waals surface area contributed by atoms with Crippen molar-refractivity contribution in [3.63, 3.8) is 0 Å². The van der Waals surface area contributed by atoms with Gasteiger partial charge in [-0.3, -0.25) is 14.5 Å². The number of carbonyl (C=O) groups excluding carboxylic acids is 1. The van der Waals surface area contributed by atoms with E-state index in [4.69, 9.17) is 0 Å². The molecule has 23 heavy (non-hydrogen) atoms. The van der Waals surface area contributed by atoms with E-state index in [0.29, 0.717) is 6.54 Å². The highest BCUT2D eigenvalue weighted by Gasteiger charge is 2.17. The number of nitrogens with zero attached hydrogens (tertiary/aromatic N) is 3. The lowest BCUT2D eigenvalue weighted by atomic mass is 9.97. The highest BCUT2D eigenvalue weighted by atomic mass is 16.1. The summed E-state index contributed by atoms with van der Waals surface area (Å²) in [6, 6.07) is 5.93. The molecule has 0 saturated heterocycles. The third-order valence-electron chi connectivity index (χ3n) is 4.00. The fraction of sp³-hybridized carbons (Fsp3) is 0.500. The number of hydrogen-bond acceptors (Lipinski definition) is 3. The Morgan fingerprint density at radius 1 is 1.22 bits per heavy atom. The summed E-state index contributed by atoms with van der Waals surface area (Å²) >= 11 is 0. The molecular weight excluding hydrogens is 288 g/mol. The average Bonchev–Trinajstić information content (AvgIpc) is 2.94. The molecule has 0 spiro atoms. The summed E-state index contributed by atoms with van der Waals surface area (Å²) in [4.78, 5) is 16.3. The van der Waals surface area contributed by atoms with Gasteiger partial charge >= 0.3 is 0 Å². The van der Waals surface area contributed by atoms with Crippen molar-refractivity contribution >= 4 is 5.91 Å². The minimum atomic E-state index is 0.119. The van der Waals surface area contributed by atoms with Gasteiger partial charge in [-0.15, -0.1) is 0 Å². The lowest BCUT2D eigenvalue weighted by Crippen LogP contribution is -2.30. The first-order chi connectivity index (χ1) is 11.2. The summed E-state index contributed by atoms with van der Waals surface area (Å²) in [7, 11) is 1.91. The number of nitrogens with one attached hydrogen (secondary N) is 1. The van der Waals surface area contributed by atoms with Crippen molar-refractivity contribution in [2.75, 3.05) is 0 Å². The van der Waals surface area contributed by atoms with Crippen molar-refractivity contribution in [1.82, 2.24) is 20.1 Å². The molecule has 1 N–H and O–H groups in total. The molecule has 2 rings (SSSR count). The standard InChI is InChI=1S/C18H26N4O/c1-4-6-15(7-5-2)18(23)20-13-16-12-17(22(3)21-16)14-8-10-19-11-9-14/h8-12,15H,4-7,13H2,1-3H3,(H,20,23). The zero-order valence-electron chi connectivity index (χ0n) is 14.2. The molecule has 0 aliphatic carbocycles. The van der Waals surface area contributed by atoms with Gasteiger partial charge in [0.15, 0.2) is 0 Å². The second-order valence-electron chi connectivity index (χ2n) is 5.87. The number of hydrogen-bond donors (Lipinski definition) is 1. The molecule has 0 aliphatic heterocycles. The molecule has 2 aromatic rings. The first-order valence-corrected chi connectivity index (χ1v) is 8.36. The predicted molar refractivity (Wildman–Crippen MR) is 91.6 cm³/mol. The van der Waals surface area contributed by atoms with Crippen molar-refractivity contribution in [2.24, 2.45) is 13.0 Å². The summed E-state index contributed by atoms with van der Waals surface area (Å²) in [5.41, 5.74) is 2.97. The van der Waals surface area contributed by atoms with Gasteiger partial charge in [0.25, 0.3) is 0 Å². The van der Waals surface area contributed by atoms with Gasteiger partial charge in [0.2, 0.25) is 5.91 Å². The van der Waals surface area contributed by atoms with Gasteiger partial charge in [0.05, 0.1) is 17.9 Å². The van der Waals surface area contributed by atoms with Crippen LogP contribution in [0.2, 0.25) is 0 Å². The Bertz CT molecular complexity index is 615. The van der Waals surface area contributed by atoms with E-state index in [1.54, 1.807) is 12.4 Å². The minimum absolute atomic E-state index is 0.119. The molecule has 5 nitrogen and oxygen atoms in total. The molecule has 0 bridgehead atoms. The Morgan fingerprint density at radius 3 is 2.48 bits per heavy atom. The summed E-state index contributed by atoms with van der Waals surface area (Å²) < 4.78 is 1.84. The maximum Gasteiger partial charge on any atom is 0.223 e. The van der Waals surface area contributed by atoms with Crippen molar-refractivity contribution in [3.8, 4) is 11.3 Å². The van der Waals surface area contributed by atoms with Crippen molar-refractivity contribution < 1.29 is 4.79 Å². The minimum Gasteiger partial charge on any atom is -0.350 e. The van der Waals surface area contributed by atoms with Gasteiger partial charge < -0.3 is 5.32 Å². The normalized spacial score (nSPS) is 11.0. The Labute approximate surface area is 138 Å². The van der Waals surface area contributed by atoms with E-state index in [0.717, 1.165) is 42.6 Å². The molecule has 2 aromatic heterocycles. The van der Waals surface area contributed by atoms with Gasteiger partial charge in [-0.1, -0.05) is 26.7 Å². The SMILES string of the molecule is CCCC(CCC)C(=O)NCc1cc(-c2ccncc2)n(C)n1. The van der Waals surface area contributed by atoms with E-state index in [-0.39, 0.29) is 11.8 Å². The Morgan fingerprint density at radius 2 is 1.87 bits per heavy atom. The summed E-state index contributed by atoms with van der Waals surface area (Å²) in [6.45, 7) is 4.72. The molecule has 0 fully saturated rings. The number of carbonyl (C=O) groups is 1. The maximum atomic E-state index is 12.3. The number of aryl methyl sites for hydroxylation is 1. The van der Waals surface area contributed by atoms with Crippen LogP contribution < -0.4 is 5.32 Å². The molecule has 0 aromatic carbocycles. The number of aromatic nitrogens is 3. The number of amides is 1. The molecule has 124 valence electrons. The van der Waals surface area contributed by atoms with Gasteiger partial charge in [-0.25, -0.2) is 0 Å². The molecule has 2 heterocycles.